The second-order valence-corrected chi connectivity index (χ2v) is 6.59. The largest absolute Gasteiger partial charge is 0.477 e. The minimum Gasteiger partial charge on any atom is -0.477 e. The standard InChI is InChI=1S/C13H22N2O5S/c1-4-13(5-2,9-16)14-21(19,20)10-7-11(12(17)18)15(6-3)8-10/h7-8,14,16H,4-6,9H2,1-3H3,(H,17,18). The smallest absolute Gasteiger partial charge is 0.352 e. The second kappa shape index (κ2) is 6.59. The zero-order valence-corrected chi connectivity index (χ0v) is 13.3. The number of aromatic carboxylic acids is 1. The number of carboxylic acids is 1. The molecule has 7 nitrogen and oxygen atoms in total. The molecule has 0 saturated heterocycles. The SMILES string of the molecule is CCn1cc(S(=O)(=O)NC(CC)(CC)CO)cc1C(=O)O. The van der Waals surface area contributed by atoms with E-state index in [-0.39, 0.29) is 17.2 Å². The summed E-state index contributed by atoms with van der Waals surface area (Å²) < 4.78 is 28.6. The molecule has 1 heterocycles. The van der Waals surface area contributed by atoms with E-state index in [1.807, 2.05) is 0 Å². The molecule has 1 aromatic rings. The Balaban J connectivity index is 3.23. The highest BCUT2D eigenvalue weighted by atomic mass is 32.2. The molecule has 0 aliphatic heterocycles. The number of aromatic nitrogens is 1. The van der Waals surface area contributed by atoms with Crippen LogP contribution in [0.2, 0.25) is 0 Å². The van der Waals surface area contributed by atoms with Crippen LogP contribution >= 0.6 is 0 Å². The first-order chi connectivity index (χ1) is 9.75. The molecule has 120 valence electrons. The number of nitrogens with one attached hydrogen (secondary N) is 1. The van der Waals surface area contributed by atoms with Crippen molar-refractivity contribution in [3.8, 4) is 0 Å². The number of hydrogen-bond donors (Lipinski definition) is 3. The average molecular weight is 318 g/mol. The third-order valence-corrected chi connectivity index (χ3v) is 5.29. The summed E-state index contributed by atoms with van der Waals surface area (Å²) in [5.41, 5.74) is -1.02. The van der Waals surface area contributed by atoms with Gasteiger partial charge in [0.15, 0.2) is 0 Å². The van der Waals surface area contributed by atoms with Crippen LogP contribution < -0.4 is 4.72 Å². The first kappa shape index (κ1) is 17.7. The van der Waals surface area contributed by atoms with Crippen molar-refractivity contribution >= 4 is 16.0 Å². The Hall–Kier alpha value is -1.38. The predicted octanol–water partition coefficient (Wildman–Crippen LogP) is 1.04. The molecule has 1 rings (SSSR count). The van der Waals surface area contributed by atoms with Crippen LogP contribution in [0.3, 0.4) is 0 Å². The molecule has 0 fully saturated rings. The molecular weight excluding hydrogens is 296 g/mol. The van der Waals surface area contributed by atoms with Crippen molar-refractivity contribution in [3.05, 3.63) is 18.0 Å². The van der Waals surface area contributed by atoms with Gasteiger partial charge in [-0.2, -0.15) is 0 Å². The maximum atomic E-state index is 12.4. The summed E-state index contributed by atoms with van der Waals surface area (Å²) in [5.74, 6) is -1.18. The van der Waals surface area contributed by atoms with Crippen LogP contribution in [0, 0.1) is 0 Å². The van der Waals surface area contributed by atoms with Gasteiger partial charge >= 0.3 is 5.97 Å². The van der Waals surface area contributed by atoms with Gasteiger partial charge in [0.2, 0.25) is 10.0 Å². The Bertz CT molecular complexity index is 594. The van der Waals surface area contributed by atoms with Crippen molar-refractivity contribution in [3.63, 3.8) is 0 Å². The summed E-state index contributed by atoms with van der Waals surface area (Å²) in [6.45, 7) is 5.32. The van der Waals surface area contributed by atoms with Crippen molar-refractivity contribution in [2.24, 2.45) is 0 Å². The van der Waals surface area contributed by atoms with Gasteiger partial charge in [0, 0.05) is 12.7 Å². The van der Waals surface area contributed by atoms with Crippen LogP contribution in [0.5, 0.6) is 0 Å². The van der Waals surface area contributed by atoms with E-state index in [9.17, 15) is 18.3 Å². The fraction of sp³-hybridized carbons (Fsp3) is 0.615. The van der Waals surface area contributed by atoms with Gasteiger partial charge in [-0.1, -0.05) is 13.8 Å². The van der Waals surface area contributed by atoms with E-state index in [4.69, 9.17) is 5.11 Å². The average Bonchev–Trinajstić information content (AvgIpc) is 2.90. The number of carbonyl (C=O) groups is 1. The second-order valence-electron chi connectivity index (χ2n) is 4.90. The molecule has 0 spiro atoms. The van der Waals surface area contributed by atoms with Crippen LogP contribution in [0.4, 0.5) is 0 Å². The fourth-order valence-corrected chi connectivity index (χ4v) is 3.64. The Morgan fingerprint density at radius 2 is 1.90 bits per heavy atom. The molecule has 0 radical (unpaired) electrons. The maximum Gasteiger partial charge on any atom is 0.352 e. The normalized spacial score (nSPS) is 12.6. The zero-order valence-electron chi connectivity index (χ0n) is 12.5. The van der Waals surface area contributed by atoms with E-state index < -0.39 is 21.5 Å². The summed E-state index contributed by atoms with van der Waals surface area (Å²) in [7, 11) is -3.89. The lowest BCUT2D eigenvalue weighted by molar-refractivity contribution is 0.0685. The third-order valence-electron chi connectivity index (χ3n) is 3.75. The molecule has 0 bridgehead atoms. The lowest BCUT2D eigenvalue weighted by atomic mass is 9.96. The fourth-order valence-electron chi connectivity index (χ4n) is 2.07. The minimum absolute atomic E-state index is 0.0829. The highest BCUT2D eigenvalue weighted by molar-refractivity contribution is 7.89. The van der Waals surface area contributed by atoms with E-state index in [0.29, 0.717) is 19.4 Å². The summed E-state index contributed by atoms with van der Waals surface area (Å²) in [4.78, 5) is 11.0. The minimum atomic E-state index is -3.89. The molecule has 0 amide bonds. The van der Waals surface area contributed by atoms with E-state index in [2.05, 4.69) is 4.72 Å². The quantitative estimate of drug-likeness (QED) is 0.663. The molecule has 1 aromatic heterocycles. The number of nitrogens with zero attached hydrogens (tertiary/aromatic N) is 1. The van der Waals surface area contributed by atoms with Crippen molar-refractivity contribution in [2.75, 3.05) is 6.61 Å². The molecule has 21 heavy (non-hydrogen) atoms. The van der Waals surface area contributed by atoms with Crippen molar-refractivity contribution in [1.82, 2.24) is 9.29 Å². The summed E-state index contributed by atoms with van der Waals surface area (Å²) in [5, 5.41) is 18.5. The van der Waals surface area contributed by atoms with Crippen LogP contribution in [-0.2, 0) is 16.6 Å². The molecule has 0 saturated carbocycles. The van der Waals surface area contributed by atoms with Crippen LogP contribution in [0.1, 0.15) is 44.1 Å². The molecule has 0 aliphatic rings. The Labute approximate surface area is 124 Å². The van der Waals surface area contributed by atoms with Gasteiger partial charge in [-0.3, -0.25) is 0 Å². The van der Waals surface area contributed by atoms with Crippen LogP contribution in [-0.4, -0.2) is 41.3 Å². The van der Waals surface area contributed by atoms with E-state index in [1.165, 1.54) is 10.8 Å². The van der Waals surface area contributed by atoms with Crippen LogP contribution in [0.15, 0.2) is 17.2 Å². The van der Waals surface area contributed by atoms with Gasteiger partial charge in [0.1, 0.15) is 10.6 Å². The first-order valence-corrected chi connectivity index (χ1v) is 8.31. The summed E-state index contributed by atoms with van der Waals surface area (Å²) >= 11 is 0. The Kier molecular flexibility index (Phi) is 5.54. The molecule has 3 N–H and O–H groups in total. The molecule has 0 unspecified atom stereocenters. The highest BCUT2D eigenvalue weighted by Gasteiger charge is 2.32. The molecule has 8 heteroatoms. The molecule has 0 aliphatic carbocycles. The van der Waals surface area contributed by atoms with Gasteiger partial charge in [-0.05, 0) is 25.8 Å². The van der Waals surface area contributed by atoms with Gasteiger partial charge in [-0.25, -0.2) is 17.9 Å². The molecule has 0 atom stereocenters. The lowest BCUT2D eigenvalue weighted by Gasteiger charge is -2.30. The number of rotatable bonds is 8. The molecular formula is C13H22N2O5S. The van der Waals surface area contributed by atoms with E-state index in [0.717, 1.165) is 6.07 Å². The highest BCUT2D eigenvalue weighted by Crippen LogP contribution is 2.21. The third kappa shape index (κ3) is 3.63. The monoisotopic (exact) mass is 318 g/mol. The topological polar surface area (TPSA) is 109 Å². The van der Waals surface area contributed by atoms with Gasteiger partial charge in [0.25, 0.3) is 0 Å². The summed E-state index contributed by atoms with van der Waals surface area (Å²) in [6.07, 6.45) is 2.15. The molecule has 0 aromatic carbocycles. The van der Waals surface area contributed by atoms with Gasteiger partial charge in [0.05, 0.1) is 12.1 Å². The van der Waals surface area contributed by atoms with Gasteiger partial charge < -0.3 is 14.8 Å². The predicted molar refractivity (Wildman–Crippen MR) is 77.8 cm³/mol. The van der Waals surface area contributed by atoms with Crippen molar-refractivity contribution in [1.29, 1.82) is 0 Å². The number of carboxylic acid groups (broad SMARTS) is 1. The van der Waals surface area contributed by atoms with Gasteiger partial charge in [-0.15, -0.1) is 0 Å². The van der Waals surface area contributed by atoms with Crippen molar-refractivity contribution in [2.45, 2.75) is 50.6 Å². The van der Waals surface area contributed by atoms with Crippen LogP contribution in [0.25, 0.3) is 0 Å². The number of aliphatic hydroxyl groups is 1. The van der Waals surface area contributed by atoms with E-state index >= 15 is 0 Å². The zero-order chi connectivity index (χ0) is 16.3. The van der Waals surface area contributed by atoms with Crippen molar-refractivity contribution < 1.29 is 23.4 Å². The number of aliphatic hydroxyl groups excluding tert-OH is 1. The Morgan fingerprint density at radius 1 is 1.33 bits per heavy atom. The lowest BCUT2D eigenvalue weighted by Crippen LogP contribution is -2.50. The maximum absolute atomic E-state index is 12.4. The number of aryl methyl sites for hydroxylation is 1. The number of hydrogen-bond acceptors (Lipinski definition) is 4. The summed E-state index contributed by atoms with van der Waals surface area (Å²) in [6, 6.07) is 1.13. The first-order valence-electron chi connectivity index (χ1n) is 6.83. The van der Waals surface area contributed by atoms with E-state index in [1.54, 1.807) is 20.8 Å². The Morgan fingerprint density at radius 3 is 2.24 bits per heavy atom. The number of sulfonamides is 1.